The summed E-state index contributed by atoms with van der Waals surface area (Å²) in [5.74, 6) is -0.334. The molecule has 2 aromatic rings. The van der Waals surface area contributed by atoms with Crippen molar-refractivity contribution in [3.05, 3.63) is 50.4 Å². The Balaban J connectivity index is 1.60. The van der Waals surface area contributed by atoms with Gasteiger partial charge in [-0.15, -0.1) is 0 Å². The molecule has 0 N–H and O–H groups in total. The van der Waals surface area contributed by atoms with Crippen molar-refractivity contribution in [1.82, 2.24) is 14.1 Å². The molecule has 8 nitrogen and oxygen atoms in total. The van der Waals surface area contributed by atoms with Gasteiger partial charge in [0.25, 0.3) is 5.56 Å². The molecule has 160 valence electrons. The highest BCUT2D eigenvalue weighted by atomic mass is 35.5. The highest BCUT2D eigenvalue weighted by Gasteiger charge is 2.30. The Kier molecular flexibility index (Phi) is 5.89. The molecular formula is C19H20Cl2N4O4S. The van der Waals surface area contributed by atoms with Gasteiger partial charge in [-0.25, -0.2) is 13.1 Å². The second kappa shape index (κ2) is 8.30. The summed E-state index contributed by atoms with van der Waals surface area (Å²) >= 11 is 11.6. The number of sulfonamides is 1. The zero-order chi connectivity index (χ0) is 21.5. The lowest BCUT2D eigenvalue weighted by atomic mass is 10.0. The summed E-state index contributed by atoms with van der Waals surface area (Å²) in [6.45, 7) is 1.26. The summed E-state index contributed by atoms with van der Waals surface area (Å²) in [7, 11) is -3.53. The number of aryl methyl sites for hydroxylation is 1. The van der Waals surface area contributed by atoms with Gasteiger partial charge < -0.3 is 4.90 Å². The Labute approximate surface area is 184 Å². The van der Waals surface area contributed by atoms with E-state index in [1.165, 1.54) is 10.5 Å². The number of aromatic nitrogens is 2. The third kappa shape index (κ3) is 3.87. The minimum Gasteiger partial charge on any atom is -0.311 e. The van der Waals surface area contributed by atoms with Crippen molar-refractivity contribution in [3.8, 4) is 0 Å². The fourth-order valence-corrected chi connectivity index (χ4v) is 5.68. The number of rotatable bonds is 4. The minimum absolute atomic E-state index is 0.0282. The van der Waals surface area contributed by atoms with Crippen LogP contribution in [-0.4, -0.2) is 48.0 Å². The zero-order valence-electron chi connectivity index (χ0n) is 16.1. The van der Waals surface area contributed by atoms with Gasteiger partial charge in [-0.3, -0.25) is 9.59 Å². The molecule has 2 aliphatic heterocycles. The number of amides is 1. The third-order valence-electron chi connectivity index (χ3n) is 5.40. The van der Waals surface area contributed by atoms with E-state index >= 15 is 0 Å². The van der Waals surface area contributed by atoms with Gasteiger partial charge in [0.2, 0.25) is 15.9 Å². The van der Waals surface area contributed by atoms with Crippen LogP contribution >= 0.6 is 23.2 Å². The Morgan fingerprint density at radius 3 is 2.57 bits per heavy atom. The molecule has 1 amide bonds. The molecule has 0 spiro atoms. The SMILES string of the molecule is O=C(Cn1ncc(Cl)c(Cl)c1=O)N1CCCc2cc(S(=O)(=O)N3CCCC3)ccc21. The lowest BCUT2D eigenvalue weighted by Crippen LogP contribution is -2.40. The Morgan fingerprint density at radius 2 is 1.83 bits per heavy atom. The average Bonchev–Trinajstić information content (AvgIpc) is 3.29. The minimum atomic E-state index is -3.53. The quantitative estimate of drug-likeness (QED) is 0.683. The third-order valence-corrected chi connectivity index (χ3v) is 8.04. The van der Waals surface area contributed by atoms with E-state index in [4.69, 9.17) is 23.2 Å². The van der Waals surface area contributed by atoms with Gasteiger partial charge in [0.1, 0.15) is 11.6 Å². The highest BCUT2D eigenvalue weighted by Crippen LogP contribution is 2.31. The average molecular weight is 471 g/mol. The maximum atomic E-state index is 12.9. The second-order valence-corrected chi connectivity index (χ2v) is 10.0. The zero-order valence-corrected chi connectivity index (χ0v) is 18.4. The van der Waals surface area contributed by atoms with Crippen molar-refractivity contribution < 1.29 is 13.2 Å². The van der Waals surface area contributed by atoms with E-state index in [-0.39, 0.29) is 27.4 Å². The summed E-state index contributed by atoms with van der Waals surface area (Å²) < 4.78 is 28.2. The predicted molar refractivity (Wildman–Crippen MR) is 114 cm³/mol. The van der Waals surface area contributed by atoms with Gasteiger partial charge in [-0.1, -0.05) is 23.2 Å². The number of fused-ring (bicyclic) bond motifs is 1. The summed E-state index contributed by atoms with van der Waals surface area (Å²) in [6.07, 6.45) is 4.32. The van der Waals surface area contributed by atoms with E-state index in [1.807, 2.05) is 0 Å². The maximum Gasteiger partial charge on any atom is 0.287 e. The van der Waals surface area contributed by atoms with Crippen LogP contribution in [0.15, 0.2) is 34.1 Å². The number of hydrogen-bond donors (Lipinski definition) is 0. The summed E-state index contributed by atoms with van der Waals surface area (Å²) in [5, 5.41) is 3.72. The molecule has 1 aromatic heterocycles. The van der Waals surface area contributed by atoms with Crippen molar-refractivity contribution in [2.75, 3.05) is 24.5 Å². The molecule has 0 bridgehead atoms. The van der Waals surface area contributed by atoms with Crippen molar-refractivity contribution in [3.63, 3.8) is 0 Å². The van der Waals surface area contributed by atoms with Crippen LogP contribution in [0.5, 0.6) is 0 Å². The van der Waals surface area contributed by atoms with E-state index in [2.05, 4.69) is 5.10 Å². The van der Waals surface area contributed by atoms with E-state index < -0.39 is 15.6 Å². The number of benzene rings is 1. The topological polar surface area (TPSA) is 92.6 Å². The number of nitrogens with zero attached hydrogens (tertiary/aromatic N) is 4. The van der Waals surface area contributed by atoms with E-state index in [0.717, 1.165) is 23.1 Å². The lowest BCUT2D eigenvalue weighted by Gasteiger charge is -2.30. The van der Waals surface area contributed by atoms with Crippen molar-refractivity contribution in [1.29, 1.82) is 0 Å². The Hall–Kier alpha value is -1.94. The van der Waals surface area contributed by atoms with Crippen molar-refractivity contribution >= 4 is 44.8 Å². The summed E-state index contributed by atoms with van der Waals surface area (Å²) in [5.41, 5.74) is 0.811. The fraction of sp³-hybridized carbons (Fsp3) is 0.421. The van der Waals surface area contributed by atoms with Crippen LogP contribution in [0.3, 0.4) is 0 Å². The smallest absolute Gasteiger partial charge is 0.287 e. The number of halogens is 2. The van der Waals surface area contributed by atoms with Crippen LogP contribution in [-0.2, 0) is 27.8 Å². The van der Waals surface area contributed by atoms with Crippen LogP contribution in [0.25, 0.3) is 0 Å². The van der Waals surface area contributed by atoms with Gasteiger partial charge in [0, 0.05) is 25.3 Å². The Bertz CT molecular complexity index is 1160. The van der Waals surface area contributed by atoms with E-state index in [9.17, 15) is 18.0 Å². The van der Waals surface area contributed by atoms with Crippen LogP contribution in [0, 0.1) is 0 Å². The molecule has 3 heterocycles. The van der Waals surface area contributed by atoms with Gasteiger partial charge >= 0.3 is 0 Å². The second-order valence-electron chi connectivity index (χ2n) is 7.32. The first-order valence-corrected chi connectivity index (χ1v) is 11.8. The first kappa shape index (κ1) is 21.3. The van der Waals surface area contributed by atoms with E-state index in [1.54, 1.807) is 23.1 Å². The largest absolute Gasteiger partial charge is 0.311 e. The molecular weight excluding hydrogens is 451 g/mol. The summed E-state index contributed by atoms with van der Waals surface area (Å²) in [4.78, 5) is 26.9. The number of anilines is 1. The van der Waals surface area contributed by atoms with Gasteiger partial charge in [0.05, 0.1) is 16.1 Å². The van der Waals surface area contributed by atoms with Crippen LogP contribution in [0.4, 0.5) is 5.69 Å². The normalized spacial score (nSPS) is 17.2. The predicted octanol–water partition coefficient (Wildman–Crippen LogP) is 2.31. The molecule has 2 aliphatic rings. The molecule has 0 radical (unpaired) electrons. The lowest BCUT2D eigenvalue weighted by molar-refractivity contribution is -0.119. The van der Waals surface area contributed by atoms with Crippen LogP contribution in [0.1, 0.15) is 24.8 Å². The van der Waals surface area contributed by atoms with Gasteiger partial charge in [-0.2, -0.15) is 9.40 Å². The molecule has 0 atom stereocenters. The van der Waals surface area contributed by atoms with Crippen molar-refractivity contribution in [2.24, 2.45) is 0 Å². The van der Waals surface area contributed by atoms with Crippen molar-refractivity contribution in [2.45, 2.75) is 37.1 Å². The molecule has 1 aromatic carbocycles. The van der Waals surface area contributed by atoms with E-state index in [0.29, 0.717) is 38.2 Å². The molecule has 0 saturated carbocycles. The molecule has 11 heteroatoms. The molecule has 0 unspecified atom stereocenters. The fourth-order valence-electron chi connectivity index (χ4n) is 3.84. The number of carbonyl (C=O) groups excluding carboxylic acids is 1. The van der Waals surface area contributed by atoms with Gasteiger partial charge in [0.15, 0.2) is 0 Å². The maximum absolute atomic E-state index is 12.9. The molecule has 1 fully saturated rings. The first-order valence-electron chi connectivity index (χ1n) is 9.63. The highest BCUT2D eigenvalue weighted by molar-refractivity contribution is 7.89. The molecule has 0 aliphatic carbocycles. The van der Waals surface area contributed by atoms with Crippen LogP contribution in [0.2, 0.25) is 10.0 Å². The summed E-state index contributed by atoms with van der Waals surface area (Å²) in [6, 6.07) is 4.87. The van der Waals surface area contributed by atoms with Crippen LogP contribution < -0.4 is 10.5 Å². The first-order chi connectivity index (χ1) is 14.3. The Morgan fingerprint density at radius 1 is 1.10 bits per heavy atom. The molecule has 4 rings (SSSR count). The number of carbonyl (C=O) groups is 1. The molecule has 1 saturated heterocycles. The standard InChI is InChI=1S/C19H20Cl2N4O4S/c20-15-11-22-25(19(27)18(15)21)12-17(26)24-9-3-4-13-10-14(5-6-16(13)24)30(28,29)23-7-1-2-8-23/h5-6,10-11H,1-4,7-9,12H2. The monoisotopic (exact) mass is 470 g/mol. The van der Waals surface area contributed by atoms with Gasteiger partial charge in [-0.05, 0) is 49.4 Å². The molecule has 30 heavy (non-hydrogen) atoms. The number of hydrogen-bond acceptors (Lipinski definition) is 5.